The number of hydrogen-bond acceptors (Lipinski definition) is 6. The van der Waals surface area contributed by atoms with Gasteiger partial charge in [-0.3, -0.25) is 15.1 Å². The van der Waals surface area contributed by atoms with Crippen molar-refractivity contribution >= 4 is 27.5 Å². The van der Waals surface area contributed by atoms with E-state index in [2.05, 4.69) is 20.5 Å². The van der Waals surface area contributed by atoms with Crippen LogP contribution in [0.4, 0.5) is 10.3 Å². The van der Waals surface area contributed by atoms with Gasteiger partial charge in [0.2, 0.25) is 10.3 Å². The minimum atomic E-state index is -0.274. The Balaban J connectivity index is 2.11. The Morgan fingerprint density at radius 1 is 1.44 bits per heavy atom. The van der Waals surface area contributed by atoms with Crippen LogP contribution in [0.3, 0.4) is 0 Å². The van der Waals surface area contributed by atoms with Gasteiger partial charge in [-0.2, -0.15) is 0 Å². The van der Waals surface area contributed by atoms with Crippen LogP contribution in [0.5, 0.6) is 0 Å². The first-order valence-corrected chi connectivity index (χ1v) is 5.30. The maximum atomic E-state index is 11.7. The summed E-state index contributed by atoms with van der Waals surface area (Å²) in [7, 11) is 0. The van der Waals surface area contributed by atoms with Crippen LogP contribution in [0.1, 0.15) is 16.1 Å². The largest absolute Gasteiger partial charge is 0.374 e. The Kier molecular flexibility index (Phi) is 2.78. The van der Waals surface area contributed by atoms with Gasteiger partial charge in [0.25, 0.3) is 5.91 Å². The average Bonchev–Trinajstić information content (AvgIpc) is 2.65. The second-order valence-corrected chi connectivity index (χ2v) is 4.10. The predicted molar refractivity (Wildman–Crippen MR) is 61.2 cm³/mol. The summed E-state index contributed by atoms with van der Waals surface area (Å²) in [5, 5.41) is 10.6. The van der Waals surface area contributed by atoms with Crippen molar-refractivity contribution in [1.29, 1.82) is 0 Å². The molecular weight excluding hydrogens is 226 g/mol. The molecule has 7 heteroatoms. The first-order valence-electron chi connectivity index (χ1n) is 4.48. The molecule has 0 saturated heterocycles. The van der Waals surface area contributed by atoms with Crippen molar-refractivity contribution in [3.05, 3.63) is 29.6 Å². The molecule has 0 spiro atoms. The lowest BCUT2D eigenvalue weighted by Crippen LogP contribution is -2.12. The number of rotatable bonds is 2. The summed E-state index contributed by atoms with van der Waals surface area (Å²) in [6.45, 7) is 1.85. The number of carbonyl (C=O) groups is 1. The van der Waals surface area contributed by atoms with Crippen LogP contribution in [0.2, 0.25) is 0 Å². The van der Waals surface area contributed by atoms with Crippen molar-refractivity contribution < 1.29 is 4.79 Å². The molecule has 2 heterocycles. The molecule has 0 aliphatic heterocycles. The Morgan fingerprint density at radius 3 is 2.81 bits per heavy atom. The van der Waals surface area contributed by atoms with Gasteiger partial charge < -0.3 is 5.73 Å². The van der Waals surface area contributed by atoms with Crippen molar-refractivity contribution in [2.24, 2.45) is 0 Å². The van der Waals surface area contributed by atoms with Gasteiger partial charge >= 0.3 is 0 Å². The third kappa shape index (κ3) is 2.31. The topological polar surface area (TPSA) is 93.8 Å². The van der Waals surface area contributed by atoms with E-state index in [9.17, 15) is 4.79 Å². The lowest BCUT2D eigenvalue weighted by molar-refractivity contribution is 0.102. The molecule has 0 atom stereocenters. The Labute approximate surface area is 95.5 Å². The minimum absolute atomic E-state index is 0.274. The number of carbonyl (C=O) groups excluding carboxylic acids is 1. The molecule has 82 valence electrons. The highest BCUT2D eigenvalue weighted by molar-refractivity contribution is 7.19. The lowest BCUT2D eigenvalue weighted by atomic mass is 10.2. The maximum Gasteiger partial charge on any atom is 0.259 e. The summed E-state index contributed by atoms with van der Waals surface area (Å²) in [4.78, 5) is 15.7. The zero-order valence-corrected chi connectivity index (χ0v) is 9.28. The Bertz CT molecular complexity index is 507. The van der Waals surface area contributed by atoms with Crippen LogP contribution in [-0.2, 0) is 0 Å². The fourth-order valence-electron chi connectivity index (χ4n) is 1.06. The molecule has 2 aromatic heterocycles. The van der Waals surface area contributed by atoms with Crippen LogP contribution in [0.15, 0.2) is 18.3 Å². The smallest absolute Gasteiger partial charge is 0.259 e. The van der Waals surface area contributed by atoms with Gasteiger partial charge in [-0.15, -0.1) is 10.2 Å². The summed E-state index contributed by atoms with van der Waals surface area (Å²) >= 11 is 1.12. The quantitative estimate of drug-likeness (QED) is 0.812. The van der Waals surface area contributed by atoms with Gasteiger partial charge in [0.05, 0.1) is 5.56 Å². The fraction of sp³-hybridized carbons (Fsp3) is 0.111. The molecule has 2 rings (SSSR count). The number of nitrogens with two attached hydrogens (primary N) is 1. The van der Waals surface area contributed by atoms with Crippen molar-refractivity contribution in [2.75, 3.05) is 11.1 Å². The SMILES string of the molecule is Cc1ccc(C(=O)Nc2nnc(N)s2)cn1. The first-order chi connectivity index (χ1) is 7.65. The third-order valence-electron chi connectivity index (χ3n) is 1.83. The first kappa shape index (κ1) is 10.5. The number of aromatic nitrogens is 3. The lowest BCUT2D eigenvalue weighted by Gasteiger charge is -2.00. The molecule has 0 aliphatic carbocycles. The minimum Gasteiger partial charge on any atom is -0.374 e. The number of nitrogens with zero attached hydrogens (tertiary/aromatic N) is 3. The van der Waals surface area contributed by atoms with Gasteiger partial charge in [0.1, 0.15) is 0 Å². The van der Waals surface area contributed by atoms with Crippen LogP contribution in [0.25, 0.3) is 0 Å². The Morgan fingerprint density at radius 2 is 2.25 bits per heavy atom. The van der Waals surface area contributed by atoms with Gasteiger partial charge in [0, 0.05) is 11.9 Å². The molecule has 0 radical (unpaired) electrons. The van der Waals surface area contributed by atoms with Gasteiger partial charge in [-0.25, -0.2) is 0 Å². The van der Waals surface area contributed by atoms with E-state index >= 15 is 0 Å². The molecule has 0 aromatic carbocycles. The van der Waals surface area contributed by atoms with E-state index in [1.54, 1.807) is 12.1 Å². The van der Waals surface area contributed by atoms with Crippen molar-refractivity contribution in [3.8, 4) is 0 Å². The van der Waals surface area contributed by atoms with Crippen LogP contribution in [-0.4, -0.2) is 21.1 Å². The third-order valence-corrected chi connectivity index (χ3v) is 2.50. The standard InChI is InChI=1S/C9H9N5OS/c1-5-2-3-6(4-11-5)7(15)12-9-14-13-8(10)16-9/h2-4H,1H3,(H2,10,13)(H,12,14,15). The number of hydrogen-bond donors (Lipinski definition) is 2. The van der Waals surface area contributed by atoms with E-state index < -0.39 is 0 Å². The second-order valence-electron chi connectivity index (χ2n) is 3.09. The Hall–Kier alpha value is -2.02. The highest BCUT2D eigenvalue weighted by atomic mass is 32.1. The normalized spacial score (nSPS) is 10.1. The summed E-state index contributed by atoms with van der Waals surface area (Å²) < 4.78 is 0. The van der Waals surface area contributed by atoms with E-state index in [1.807, 2.05) is 6.92 Å². The molecular formula is C9H9N5OS. The summed E-state index contributed by atoms with van der Waals surface area (Å²) in [6.07, 6.45) is 1.51. The van der Waals surface area contributed by atoms with E-state index in [4.69, 9.17) is 5.73 Å². The van der Waals surface area contributed by atoms with Crippen molar-refractivity contribution in [1.82, 2.24) is 15.2 Å². The molecule has 0 bridgehead atoms. The molecule has 0 aliphatic rings. The number of nitrogen functional groups attached to an aromatic ring is 1. The van der Waals surface area contributed by atoms with Gasteiger partial charge in [0.15, 0.2) is 0 Å². The number of anilines is 2. The highest BCUT2D eigenvalue weighted by Gasteiger charge is 2.09. The number of aryl methyl sites for hydroxylation is 1. The average molecular weight is 235 g/mol. The zero-order chi connectivity index (χ0) is 11.5. The van der Waals surface area contributed by atoms with Gasteiger partial charge in [-0.1, -0.05) is 11.3 Å². The van der Waals surface area contributed by atoms with Crippen LogP contribution >= 0.6 is 11.3 Å². The van der Waals surface area contributed by atoms with Crippen LogP contribution in [0, 0.1) is 6.92 Å². The molecule has 16 heavy (non-hydrogen) atoms. The molecule has 0 saturated carbocycles. The van der Waals surface area contributed by atoms with Crippen molar-refractivity contribution in [2.45, 2.75) is 6.92 Å². The molecule has 6 nitrogen and oxygen atoms in total. The highest BCUT2D eigenvalue weighted by Crippen LogP contribution is 2.17. The zero-order valence-electron chi connectivity index (χ0n) is 8.47. The fourth-order valence-corrected chi connectivity index (χ4v) is 1.56. The molecule has 2 aromatic rings. The molecule has 0 fully saturated rings. The number of nitrogens with one attached hydrogen (secondary N) is 1. The van der Waals surface area contributed by atoms with E-state index in [-0.39, 0.29) is 5.91 Å². The van der Waals surface area contributed by atoms with E-state index in [0.29, 0.717) is 15.8 Å². The van der Waals surface area contributed by atoms with Crippen LogP contribution < -0.4 is 11.1 Å². The summed E-state index contributed by atoms with van der Waals surface area (Å²) in [6, 6.07) is 3.46. The van der Waals surface area contributed by atoms with E-state index in [0.717, 1.165) is 17.0 Å². The second kappa shape index (κ2) is 4.23. The molecule has 1 amide bonds. The predicted octanol–water partition coefficient (Wildman–Crippen LogP) is 1.08. The van der Waals surface area contributed by atoms with Gasteiger partial charge in [-0.05, 0) is 19.1 Å². The summed E-state index contributed by atoms with van der Waals surface area (Å²) in [5.41, 5.74) is 6.72. The van der Waals surface area contributed by atoms with E-state index in [1.165, 1.54) is 6.20 Å². The number of amides is 1. The molecule has 0 unspecified atom stereocenters. The number of pyridine rings is 1. The molecule has 3 N–H and O–H groups in total. The van der Waals surface area contributed by atoms with Crippen molar-refractivity contribution in [3.63, 3.8) is 0 Å². The monoisotopic (exact) mass is 235 g/mol. The maximum absolute atomic E-state index is 11.7. The summed E-state index contributed by atoms with van der Waals surface area (Å²) in [5.74, 6) is -0.274.